The van der Waals surface area contributed by atoms with Crippen molar-refractivity contribution in [3.63, 3.8) is 0 Å². The van der Waals surface area contributed by atoms with E-state index in [1.165, 1.54) is 22.3 Å². The van der Waals surface area contributed by atoms with Gasteiger partial charge in [-0.1, -0.05) is 170 Å². The second kappa shape index (κ2) is 14.5. The number of pyridine rings is 1. The van der Waals surface area contributed by atoms with Crippen molar-refractivity contribution in [2.75, 3.05) is 0 Å². The molecule has 62 heavy (non-hydrogen) atoms. The van der Waals surface area contributed by atoms with E-state index in [4.69, 9.17) is 19.7 Å². The number of benzene rings is 8. The number of aromatic nitrogens is 4. The molecule has 290 valence electrons. The van der Waals surface area contributed by atoms with E-state index in [1.54, 1.807) is 0 Å². The summed E-state index contributed by atoms with van der Waals surface area (Å²) in [4.78, 5) is 19.5. The Bertz CT molecular complexity index is 3280. The minimum absolute atomic E-state index is 0.569. The van der Waals surface area contributed by atoms with Crippen molar-refractivity contribution in [1.29, 1.82) is 0 Å². The smallest absolute Gasteiger partial charge is 0.164 e. The van der Waals surface area contributed by atoms with Crippen LogP contribution in [0, 0.1) is 0 Å². The highest BCUT2D eigenvalue weighted by atomic mass is 16.5. The van der Waals surface area contributed by atoms with Gasteiger partial charge in [0.2, 0.25) is 0 Å². The van der Waals surface area contributed by atoms with Crippen LogP contribution in [-0.2, 0) is 5.41 Å². The van der Waals surface area contributed by atoms with E-state index < -0.39 is 5.41 Å². The molecular weight excluding hydrogens is 757 g/mol. The van der Waals surface area contributed by atoms with Crippen molar-refractivity contribution in [2.24, 2.45) is 0 Å². The van der Waals surface area contributed by atoms with Crippen molar-refractivity contribution < 1.29 is 4.74 Å². The highest BCUT2D eigenvalue weighted by Gasteiger charge is 2.51. The molecule has 0 amide bonds. The van der Waals surface area contributed by atoms with Crippen molar-refractivity contribution in [3.8, 4) is 90.2 Å². The third kappa shape index (κ3) is 5.78. The van der Waals surface area contributed by atoms with Gasteiger partial charge in [-0.2, -0.15) is 0 Å². The highest BCUT2D eigenvalue weighted by molar-refractivity contribution is 5.89. The quantitative estimate of drug-likeness (QED) is 0.168. The molecule has 8 aromatic carbocycles. The summed E-state index contributed by atoms with van der Waals surface area (Å²) in [5.74, 6) is 3.50. The van der Waals surface area contributed by atoms with Gasteiger partial charge in [0.25, 0.3) is 0 Å². The lowest BCUT2D eigenvalue weighted by atomic mass is 9.65. The molecular formula is C57H36N4O. The van der Waals surface area contributed by atoms with Crippen LogP contribution in [0.1, 0.15) is 22.3 Å². The van der Waals surface area contributed by atoms with Crippen LogP contribution < -0.4 is 4.74 Å². The largest absolute Gasteiger partial charge is 0.457 e. The average molecular weight is 793 g/mol. The molecule has 5 nitrogen and oxygen atoms in total. The Morgan fingerprint density at radius 3 is 1.26 bits per heavy atom. The highest BCUT2D eigenvalue weighted by Crippen LogP contribution is 2.62. The number of fused-ring (bicyclic) bond motifs is 9. The predicted molar refractivity (Wildman–Crippen MR) is 248 cm³/mol. The molecule has 0 saturated heterocycles. The van der Waals surface area contributed by atoms with Gasteiger partial charge in [-0.3, -0.25) is 4.98 Å². The third-order valence-electron chi connectivity index (χ3n) is 12.3. The Labute approximate surface area is 359 Å². The lowest BCUT2D eigenvalue weighted by Crippen LogP contribution is -2.32. The lowest BCUT2D eigenvalue weighted by Gasteiger charge is -2.39. The van der Waals surface area contributed by atoms with Crippen molar-refractivity contribution in [1.82, 2.24) is 19.9 Å². The van der Waals surface area contributed by atoms with E-state index in [2.05, 4.69) is 163 Å². The van der Waals surface area contributed by atoms with Gasteiger partial charge in [-0.15, -0.1) is 0 Å². The topological polar surface area (TPSA) is 60.8 Å². The number of hydrogen-bond donors (Lipinski definition) is 0. The van der Waals surface area contributed by atoms with Crippen LogP contribution in [-0.4, -0.2) is 19.9 Å². The van der Waals surface area contributed by atoms with Gasteiger partial charge in [-0.25, -0.2) is 15.0 Å². The Balaban J connectivity index is 0.999. The standard InChI is InChI=1S/C57H36N4O/c1-3-13-37(14-4-1)40-17-11-19-44(33-40)55-59-54(39-15-5-2-6-16-39)60-56(61-55)45-20-12-18-41(34-45)43-26-28-51-53(36-43)62-52-35-42(38-29-31-58-32-30-38)25-27-50(52)57(51)48-23-9-7-21-46(48)47-22-8-10-24-49(47)57/h1-36H. The maximum Gasteiger partial charge on any atom is 0.164 e. The molecule has 3 heterocycles. The molecule has 0 N–H and O–H groups in total. The molecule has 0 unspecified atom stereocenters. The van der Waals surface area contributed by atoms with Crippen molar-refractivity contribution in [3.05, 3.63) is 241 Å². The van der Waals surface area contributed by atoms with Gasteiger partial charge in [-0.05, 0) is 92.0 Å². The fourth-order valence-corrected chi connectivity index (χ4v) is 9.47. The minimum Gasteiger partial charge on any atom is -0.457 e. The van der Waals surface area contributed by atoms with Crippen LogP contribution in [0.5, 0.6) is 11.5 Å². The van der Waals surface area contributed by atoms with Crippen LogP contribution in [0.25, 0.3) is 78.7 Å². The van der Waals surface area contributed by atoms with E-state index in [0.29, 0.717) is 17.5 Å². The van der Waals surface area contributed by atoms with E-state index in [1.807, 2.05) is 60.9 Å². The first-order valence-electron chi connectivity index (χ1n) is 20.9. The van der Waals surface area contributed by atoms with Crippen LogP contribution in [0.4, 0.5) is 0 Å². The monoisotopic (exact) mass is 792 g/mol. The number of hydrogen-bond acceptors (Lipinski definition) is 5. The molecule has 0 bridgehead atoms. The predicted octanol–water partition coefficient (Wildman–Crippen LogP) is 13.7. The summed E-state index contributed by atoms with van der Waals surface area (Å²) < 4.78 is 7.06. The summed E-state index contributed by atoms with van der Waals surface area (Å²) in [7, 11) is 0. The van der Waals surface area contributed by atoms with Crippen LogP contribution in [0.2, 0.25) is 0 Å². The van der Waals surface area contributed by atoms with Gasteiger partial charge in [0.15, 0.2) is 17.5 Å². The first-order chi connectivity index (χ1) is 30.7. The van der Waals surface area contributed by atoms with Gasteiger partial charge in [0, 0.05) is 40.2 Å². The summed E-state index contributed by atoms with van der Waals surface area (Å²) >= 11 is 0. The molecule has 5 heteroatoms. The molecule has 0 fully saturated rings. The molecule has 12 rings (SSSR count). The first kappa shape index (κ1) is 35.6. The summed E-state index contributed by atoms with van der Waals surface area (Å²) in [6.45, 7) is 0. The number of rotatable bonds is 6. The minimum atomic E-state index is -0.569. The molecule has 1 aliphatic heterocycles. The Morgan fingerprint density at radius 2 is 0.694 bits per heavy atom. The van der Waals surface area contributed by atoms with Gasteiger partial charge >= 0.3 is 0 Å². The Morgan fingerprint density at radius 1 is 0.290 bits per heavy atom. The average Bonchev–Trinajstić information content (AvgIpc) is 3.65. The Hall–Kier alpha value is -8.28. The number of ether oxygens (including phenoxy) is 1. The second-order valence-corrected chi connectivity index (χ2v) is 15.8. The molecule has 0 radical (unpaired) electrons. The summed E-state index contributed by atoms with van der Waals surface area (Å²) in [5, 5.41) is 0. The zero-order valence-corrected chi connectivity index (χ0v) is 33.5. The lowest BCUT2D eigenvalue weighted by molar-refractivity contribution is 0.437. The summed E-state index contributed by atoms with van der Waals surface area (Å²) in [5.41, 5.74) is 15.9. The van der Waals surface area contributed by atoms with Gasteiger partial charge < -0.3 is 4.74 Å². The first-order valence-corrected chi connectivity index (χ1v) is 20.9. The number of nitrogens with zero attached hydrogens (tertiary/aromatic N) is 4. The normalized spacial score (nSPS) is 12.8. The molecule has 2 aliphatic rings. The van der Waals surface area contributed by atoms with E-state index >= 15 is 0 Å². The molecule has 1 spiro atoms. The van der Waals surface area contributed by atoms with Crippen LogP contribution >= 0.6 is 0 Å². The zero-order chi connectivity index (χ0) is 41.0. The second-order valence-electron chi connectivity index (χ2n) is 15.8. The van der Waals surface area contributed by atoms with Crippen LogP contribution in [0.3, 0.4) is 0 Å². The Kier molecular flexibility index (Phi) is 8.32. The van der Waals surface area contributed by atoms with E-state index in [0.717, 1.165) is 72.7 Å². The SMILES string of the molecule is c1ccc(-c2cccc(-c3nc(-c4ccccc4)nc(-c4cccc(-c5ccc6c(c5)Oc5cc(-c7ccncc7)ccc5C65c6ccccc6-c6ccccc65)c4)n3)c2)cc1. The van der Waals surface area contributed by atoms with Gasteiger partial charge in [0.05, 0.1) is 5.41 Å². The van der Waals surface area contributed by atoms with E-state index in [-0.39, 0.29) is 0 Å². The van der Waals surface area contributed by atoms with Crippen LogP contribution in [0.15, 0.2) is 219 Å². The fraction of sp³-hybridized carbons (Fsp3) is 0.0175. The van der Waals surface area contributed by atoms with Gasteiger partial charge in [0.1, 0.15) is 11.5 Å². The summed E-state index contributed by atoms with van der Waals surface area (Å²) in [6, 6.07) is 72.5. The fourth-order valence-electron chi connectivity index (χ4n) is 9.47. The molecule has 10 aromatic rings. The maximum atomic E-state index is 7.06. The molecule has 2 aromatic heterocycles. The van der Waals surface area contributed by atoms with Crippen molar-refractivity contribution in [2.45, 2.75) is 5.41 Å². The van der Waals surface area contributed by atoms with Crippen molar-refractivity contribution >= 4 is 0 Å². The van der Waals surface area contributed by atoms with E-state index in [9.17, 15) is 0 Å². The molecule has 0 atom stereocenters. The third-order valence-corrected chi connectivity index (χ3v) is 12.3. The molecule has 0 saturated carbocycles. The maximum absolute atomic E-state index is 7.06. The summed E-state index contributed by atoms with van der Waals surface area (Å²) in [6.07, 6.45) is 3.67. The molecule has 1 aliphatic carbocycles. The zero-order valence-electron chi connectivity index (χ0n) is 33.5.